The zero-order valence-corrected chi connectivity index (χ0v) is 7.79. The molecule has 0 fully saturated rings. The summed E-state index contributed by atoms with van der Waals surface area (Å²) in [6.45, 7) is 4.05. The lowest BCUT2D eigenvalue weighted by Gasteiger charge is -1.96. The van der Waals surface area contributed by atoms with E-state index in [0.29, 0.717) is 5.76 Å². The predicted octanol–water partition coefficient (Wildman–Crippen LogP) is 2.54. The van der Waals surface area contributed by atoms with Gasteiger partial charge in [0.2, 0.25) is 0 Å². The van der Waals surface area contributed by atoms with Crippen molar-refractivity contribution in [3.05, 3.63) is 35.1 Å². The second-order valence-corrected chi connectivity index (χ2v) is 3.36. The number of rotatable bonds is 1. The summed E-state index contributed by atoms with van der Waals surface area (Å²) in [5.41, 5.74) is 3.24. The fourth-order valence-electron chi connectivity index (χ4n) is 1.62. The Bertz CT molecular complexity index is 441. The van der Waals surface area contributed by atoms with Gasteiger partial charge in [-0.1, -0.05) is 6.07 Å². The molecule has 0 saturated heterocycles. The molecule has 13 heavy (non-hydrogen) atoms. The van der Waals surface area contributed by atoms with Gasteiger partial charge < -0.3 is 9.52 Å². The molecule has 0 saturated carbocycles. The van der Waals surface area contributed by atoms with Gasteiger partial charge in [0, 0.05) is 5.39 Å². The Hall–Kier alpha value is -1.28. The van der Waals surface area contributed by atoms with E-state index in [1.807, 2.05) is 26.0 Å². The van der Waals surface area contributed by atoms with Crippen LogP contribution in [0.2, 0.25) is 0 Å². The van der Waals surface area contributed by atoms with E-state index < -0.39 is 0 Å². The van der Waals surface area contributed by atoms with Gasteiger partial charge in [0.1, 0.15) is 18.0 Å². The summed E-state index contributed by atoms with van der Waals surface area (Å²) in [7, 11) is 0. The lowest BCUT2D eigenvalue weighted by atomic mass is 10.1. The van der Waals surface area contributed by atoms with Gasteiger partial charge in [0.05, 0.1) is 0 Å². The second kappa shape index (κ2) is 2.89. The molecule has 0 unspecified atom stereocenters. The molecule has 0 aliphatic carbocycles. The average molecular weight is 176 g/mol. The monoisotopic (exact) mass is 176 g/mol. The largest absolute Gasteiger partial charge is 0.459 e. The van der Waals surface area contributed by atoms with Crippen molar-refractivity contribution in [2.75, 3.05) is 0 Å². The molecule has 0 atom stereocenters. The highest BCUT2D eigenvalue weighted by atomic mass is 16.4. The summed E-state index contributed by atoms with van der Waals surface area (Å²) < 4.78 is 5.43. The van der Waals surface area contributed by atoms with Gasteiger partial charge in [0.15, 0.2) is 0 Å². The first kappa shape index (κ1) is 8.32. The third-order valence-corrected chi connectivity index (χ3v) is 2.20. The van der Waals surface area contributed by atoms with Crippen molar-refractivity contribution in [3.63, 3.8) is 0 Å². The van der Waals surface area contributed by atoms with Crippen LogP contribution in [0.15, 0.2) is 22.6 Å². The predicted molar refractivity (Wildman–Crippen MR) is 51.6 cm³/mol. The summed E-state index contributed by atoms with van der Waals surface area (Å²) >= 11 is 0. The third kappa shape index (κ3) is 1.33. The van der Waals surface area contributed by atoms with E-state index >= 15 is 0 Å². The number of aliphatic hydroxyl groups excluding tert-OH is 1. The van der Waals surface area contributed by atoms with Crippen LogP contribution >= 0.6 is 0 Å². The molecule has 2 aromatic rings. The molecule has 0 radical (unpaired) electrons. The molecule has 1 aromatic heterocycles. The normalized spacial score (nSPS) is 11.0. The minimum Gasteiger partial charge on any atom is -0.459 e. The molecule has 0 amide bonds. The van der Waals surface area contributed by atoms with E-state index in [1.165, 1.54) is 11.1 Å². The van der Waals surface area contributed by atoms with Gasteiger partial charge in [-0.3, -0.25) is 0 Å². The van der Waals surface area contributed by atoms with E-state index in [0.717, 1.165) is 11.0 Å². The molecule has 0 aliphatic heterocycles. The van der Waals surface area contributed by atoms with Crippen LogP contribution in [-0.4, -0.2) is 5.11 Å². The molecule has 0 spiro atoms. The fraction of sp³-hybridized carbons (Fsp3) is 0.273. The summed E-state index contributed by atoms with van der Waals surface area (Å²) in [5, 5.41) is 10.00. The number of hydrogen-bond donors (Lipinski definition) is 1. The lowest BCUT2D eigenvalue weighted by molar-refractivity contribution is 0.251. The van der Waals surface area contributed by atoms with Gasteiger partial charge >= 0.3 is 0 Å². The lowest BCUT2D eigenvalue weighted by Crippen LogP contribution is -1.76. The molecule has 1 aromatic carbocycles. The zero-order valence-electron chi connectivity index (χ0n) is 7.79. The van der Waals surface area contributed by atoms with Crippen LogP contribution in [0.3, 0.4) is 0 Å². The Morgan fingerprint density at radius 3 is 2.69 bits per heavy atom. The summed E-state index contributed by atoms with van der Waals surface area (Å²) in [6, 6.07) is 5.99. The van der Waals surface area contributed by atoms with E-state index in [1.54, 1.807) is 0 Å². The maximum Gasteiger partial charge on any atom is 0.134 e. The molecule has 1 N–H and O–H groups in total. The zero-order chi connectivity index (χ0) is 9.42. The molecular weight excluding hydrogens is 164 g/mol. The van der Waals surface area contributed by atoms with E-state index in [4.69, 9.17) is 9.52 Å². The van der Waals surface area contributed by atoms with Crippen LogP contribution in [0.1, 0.15) is 16.9 Å². The van der Waals surface area contributed by atoms with Crippen LogP contribution < -0.4 is 0 Å². The van der Waals surface area contributed by atoms with Crippen molar-refractivity contribution in [2.45, 2.75) is 20.5 Å². The van der Waals surface area contributed by atoms with Crippen molar-refractivity contribution in [3.8, 4) is 0 Å². The summed E-state index contributed by atoms with van der Waals surface area (Å²) in [5.74, 6) is 0.628. The SMILES string of the molecule is Cc1cc(C)c2cc(CO)oc2c1. The first-order chi connectivity index (χ1) is 6.20. The number of fused-ring (bicyclic) bond motifs is 1. The van der Waals surface area contributed by atoms with E-state index in [2.05, 4.69) is 6.07 Å². The Morgan fingerprint density at radius 1 is 1.23 bits per heavy atom. The van der Waals surface area contributed by atoms with Gasteiger partial charge in [0.25, 0.3) is 0 Å². The van der Waals surface area contributed by atoms with Gasteiger partial charge in [-0.15, -0.1) is 0 Å². The summed E-state index contributed by atoms with van der Waals surface area (Å²) in [6.07, 6.45) is 0. The van der Waals surface area contributed by atoms with Gasteiger partial charge in [-0.25, -0.2) is 0 Å². The summed E-state index contributed by atoms with van der Waals surface area (Å²) in [4.78, 5) is 0. The topological polar surface area (TPSA) is 33.4 Å². The number of furan rings is 1. The second-order valence-electron chi connectivity index (χ2n) is 3.36. The molecule has 2 nitrogen and oxygen atoms in total. The van der Waals surface area contributed by atoms with Crippen LogP contribution in [0.4, 0.5) is 0 Å². The number of hydrogen-bond acceptors (Lipinski definition) is 2. The maximum atomic E-state index is 8.91. The minimum absolute atomic E-state index is 0.0346. The molecule has 0 aliphatic rings. The van der Waals surface area contributed by atoms with Crippen LogP contribution in [-0.2, 0) is 6.61 Å². The smallest absolute Gasteiger partial charge is 0.134 e. The molecular formula is C11H12O2. The highest BCUT2D eigenvalue weighted by Crippen LogP contribution is 2.24. The maximum absolute atomic E-state index is 8.91. The number of aryl methyl sites for hydroxylation is 2. The quantitative estimate of drug-likeness (QED) is 0.724. The van der Waals surface area contributed by atoms with Gasteiger partial charge in [-0.05, 0) is 37.1 Å². The number of benzene rings is 1. The first-order valence-electron chi connectivity index (χ1n) is 4.31. The van der Waals surface area contributed by atoms with Crippen LogP contribution in [0.25, 0.3) is 11.0 Å². The molecule has 68 valence electrons. The van der Waals surface area contributed by atoms with Crippen molar-refractivity contribution in [1.82, 2.24) is 0 Å². The average Bonchev–Trinajstić information content (AvgIpc) is 2.47. The highest BCUT2D eigenvalue weighted by Gasteiger charge is 2.05. The van der Waals surface area contributed by atoms with Crippen molar-refractivity contribution in [1.29, 1.82) is 0 Å². The highest BCUT2D eigenvalue weighted by molar-refractivity contribution is 5.82. The third-order valence-electron chi connectivity index (χ3n) is 2.20. The fourth-order valence-corrected chi connectivity index (χ4v) is 1.62. The Labute approximate surface area is 76.8 Å². The van der Waals surface area contributed by atoms with Crippen LogP contribution in [0, 0.1) is 13.8 Å². The molecule has 1 heterocycles. The Kier molecular flexibility index (Phi) is 1.85. The minimum atomic E-state index is -0.0346. The molecule has 2 rings (SSSR count). The Balaban J connectivity index is 2.75. The van der Waals surface area contributed by atoms with Crippen molar-refractivity contribution >= 4 is 11.0 Å². The van der Waals surface area contributed by atoms with Gasteiger partial charge in [-0.2, -0.15) is 0 Å². The molecule has 2 heteroatoms. The van der Waals surface area contributed by atoms with Crippen molar-refractivity contribution in [2.24, 2.45) is 0 Å². The number of aliphatic hydroxyl groups is 1. The Morgan fingerprint density at radius 2 is 2.00 bits per heavy atom. The van der Waals surface area contributed by atoms with Crippen molar-refractivity contribution < 1.29 is 9.52 Å². The first-order valence-corrected chi connectivity index (χ1v) is 4.31. The van der Waals surface area contributed by atoms with E-state index in [-0.39, 0.29) is 6.61 Å². The molecule has 0 bridgehead atoms. The standard InChI is InChI=1S/C11H12O2/c1-7-3-8(2)10-5-9(6-12)13-11(10)4-7/h3-5,12H,6H2,1-2H3. The van der Waals surface area contributed by atoms with E-state index in [9.17, 15) is 0 Å². The van der Waals surface area contributed by atoms with Crippen LogP contribution in [0.5, 0.6) is 0 Å².